The average Bonchev–Trinajstić information content (AvgIpc) is 2.88. The second kappa shape index (κ2) is 11.9. The number of rotatable bonds is 9. The number of aromatic carboxylic acids is 1. The second-order valence-corrected chi connectivity index (χ2v) is 8.13. The highest BCUT2D eigenvalue weighted by atomic mass is 79.9. The van der Waals surface area contributed by atoms with Crippen LogP contribution in [0, 0.1) is 0 Å². The molecular formula is C26H23BrN2O7. The standard InChI is InChI=1S/C26H23BrN2O7/c1-34-17-9-11-22(35-2)16(12-17)14-21(29-24(30)18-6-4-5-7-19(18)27)25(31)28-20-13-15(26(32)33)8-10-23(20)36-3/h4-14H,1-3H3,(H,28,31)(H,29,30)(H,32,33)/b21-14-. The quantitative estimate of drug-likeness (QED) is 0.330. The fourth-order valence-corrected chi connectivity index (χ4v) is 3.69. The van der Waals surface area contributed by atoms with Gasteiger partial charge in [-0.1, -0.05) is 12.1 Å². The Morgan fingerprint density at radius 3 is 2.22 bits per heavy atom. The van der Waals surface area contributed by atoms with Gasteiger partial charge in [-0.15, -0.1) is 0 Å². The Morgan fingerprint density at radius 1 is 0.889 bits per heavy atom. The molecule has 0 aromatic heterocycles. The smallest absolute Gasteiger partial charge is 0.335 e. The van der Waals surface area contributed by atoms with Crippen LogP contribution in [0.5, 0.6) is 17.2 Å². The molecule has 0 aliphatic rings. The van der Waals surface area contributed by atoms with E-state index in [0.717, 1.165) is 0 Å². The van der Waals surface area contributed by atoms with Gasteiger partial charge in [-0.25, -0.2) is 4.79 Å². The first-order valence-corrected chi connectivity index (χ1v) is 11.3. The topological polar surface area (TPSA) is 123 Å². The number of methoxy groups -OCH3 is 3. The van der Waals surface area contributed by atoms with Gasteiger partial charge in [0, 0.05) is 10.0 Å². The fraction of sp³-hybridized carbons (Fsp3) is 0.115. The summed E-state index contributed by atoms with van der Waals surface area (Å²) in [6.07, 6.45) is 1.43. The van der Waals surface area contributed by atoms with Crippen molar-refractivity contribution in [2.24, 2.45) is 0 Å². The van der Waals surface area contributed by atoms with Gasteiger partial charge in [0.1, 0.15) is 22.9 Å². The van der Waals surface area contributed by atoms with E-state index in [-0.39, 0.29) is 22.7 Å². The molecule has 0 radical (unpaired) electrons. The molecule has 0 unspecified atom stereocenters. The third-order valence-corrected chi connectivity index (χ3v) is 5.73. The van der Waals surface area contributed by atoms with E-state index in [0.29, 0.717) is 27.1 Å². The molecule has 0 spiro atoms. The average molecular weight is 555 g/mol. The number of ether oxygens (including phenoxy) is 3. The zero-order valence-corrected chi connectivity index (χ0v) is 21.2. The van der Waals surface area contributed by atoms with E-state index >= 15 is 0 Å². The Labute approximate surface area is 215 Å². The van der Waals surface area contributed by atoms with Gasteiger partial charge in [0.2, 0.25) is 0 Å². The summed E-state index contributed by atoms with van der Waals surface area (Å²) < 4.78 is 16.5. The molecule has 0 atom stereocenters. The van der Waals surface area contributed by atoms with Crippen LogP contribution in [0.15, 0.2) is 70.8 Å². The lowest BCUT2D eigenvalue weighted by atomic mass is 10.1. The van der Waals surface area contributed by atoms with Gasteiger partial charge in [0.05, 0.1) is 38.1 Å². The minimum atomic E-state index is -1.17. The summed E-state index contributed by atoms with van der Waals surface area (Å²) in [7, 11) is 4.36. The molecule has 0 heterocycles. The summed E-state index contributed by atoms with van der Waals surface area (Å²) >= 11 is 3.34. The molecule has 3 rings (SSSR count). The molecule has 3 aromatic carbocycles. The van der Waals surface area contributed by atoms with Gasteiger partial charge < -0.3 is 30.0 Å². The summed E-state index contributed by atoms with van der Waals surface area (Å²) in [4.78, 5) is 37.9. The maximum Gasteiger partial charge on any atom is 0.335 e. The number of carboxylic acid groups (broad SMARTS) is 1. The molecule has 9 nitrogen and oxygen atoms in total. The maximum atomic E-state index is 13.4. The van der Waals surface area contributed by atoms with Gasteiger partial charge in [-0.05, 0) is 70.5 Å². The summed E-state index contributed by atoms with van der Waals surface area (Å²) in [5, 5.41) is 14.6. The van der Waals surface area contributed by atoms with E-state index in [2.05, 4.69) is 26.6 Å². The molecule has 10 heteroatoms. The second-order valence-electron chi connectivity index (χ2n) is 7.27. The monoisotopic (exact) mass is 554 g/mol. The normalized spacial score (nSPS) is 10.8. The van der Waals surface area contributed by atoms with Crippen molar-refractivity contribution < 1.29 is 33.7 Å². The predicted molar refractivity (Wildman–Crippen MR) is 138 cm³/mol. The third kappa shape index (κ3) is 6.22. The first kappa shape index (κ1) is 26.3. The van der Waals surface area contributed by atoms with Crippen molar-refractivity contribution in [2.75, 3.05) is 26.6 Å². The van der Waals surface area contributed by atoms with Crippen LogP contribution >= 0.6 is 15.9 Å². The van der Waals surface area contributed by atoms with Crippen molar-refractivity contribution in [1.82, 2.24) is 5.32 Å². The predicted octanol–water partition coefficient (Wildman–Crippen LogP) is 4.58. The number of nitrogens with one attached hydrogen (secondary N) is 2. The number of hydrogen-bond donors (Lipinski definition) is 3. The van der Waals surface area contributed by atoms with Gasteiger partial charge in [0.25, 0.3) is 11.8 Å². The highest BCUT2D eigenvalue weighted by Crippen LogP contribution is 2.28. The Hall–Kier alpha value is -4.31. The summed E-state index contributed by atoms with van der Waals surface area (Å²) in [6.45, 7) is 0. The molecule has 2 amide bonds. The van der Waals surface area contributed by atoms with Gasteiger partial charge in [-0.2, -0.15) is 0 Å². The largest absolute Gasteiger partial charge is 0.497 e. The number of amides is 2. The van der Waals surface area contributed by atoms with E-state index < -0.39 is 17.8 Å². The van der Waals surface area contributed by atoms with E-state index in [4.69, 9.17) is 14.2 Å². The Balaban J connectivity index is 2.06. The molecule has 0 fully saturated rings. The number of carboxylic acids is 1. The lowest BCUT2D eigenvalue weighted by Crippen LogP contribution is -2.31. The summed E-state index contributed by atoms with van der Waals surface area (Å²) in [5.41, 5.74) is 0.689. The minimum Gasteiger partial charge on any atom is -0.497 e. The van der Waals surface area contributed by atoms with E-state index in [1.165, 1.54) is 45.6 Å². The van der Waals surface area contributed by atoms with Crippen LogP contribution in [0.1, 0.15) is 26.3 Å². The van der Waals surface area contributed by atoms with Crippen LogP contribution in [-0.4, -0.2) is 44.2 Å². The first-order chi connectivity index (χ1) is 17.3. The lowest BCUT2D eigenvalue weighted by molar-refractivity contribution is -0.113. The van der Waals surface area contributed by atoms with Crippen molar-refractivity contribution in [1.29, 1.82) is 0 Å². The molecule has 3 N–H and O–H groups in total. The van der Waals surface area contributed by atoms with E-state index in [1.54, 1.807) is 42.5 Å². The Morgan fingerprint density at radius 2 is 1.58 bits per heavy atom. The van der Waals surface area contributed by atoms with Crippen LogP contribution in [0.3, 0.4) is 0 Å². The zero-order valence-electron chi connectivity index (χ0n) is 19.6. The minimum absolute atomic E-state index is 0.0525. The van der Waals surface area contributed by atoms with Crippen molar-refractivity contribution >= 4 is 45.5 Å². The number of halogens is 1. The lowest BCUT2D eigenvalue weighted by Gasteiger charge is -2.15. The number of anilines is 1. The third-order valence-electron chi connectivity index (χ3n) is 5.04. The molecule has 0 bridgehead atoms. The first-order valence-electron chi connectivity index (χ1n) is 10.5. The SMILES string of the molecule is COc1ccc(OC)c(/C=C(\NC(=O)c2ccccc2Br)C(=O)Nc2cc(C(=O)O)ccc2OC)c1. The Bertz CT molecular complexity index is 1340. The number of carbonyl (C=O) groups excluding carboxylic acids is 2. The molecule has 36 heavy (non-hydrogen) atoms. The van der Waals surface area contributed by atoms with Crippen LogP contribution in [0.2, 0.25) is 0 Å². The van der Waals surface area contributed by atoms with Crippen molar-refractivity contribution in [3.05, 3.63) is 87.5 Å². The van der Waals surface area contributed by atoms with Crippen LogP contribution < -0.4 is 24.8 Å². The zero-order chi connectivity index (χ0) is 26.2. The maximum absolute atomic E-state index is 13.4. The van der Waals surface area contributed by atoms with E-state index in [9.17, 15) is 19.5 Å². The molecule has 3 aromatic rings. The molecule has 0 aliphatic carbocycles. The number of benzene rings is 3. The van der Waals surface area contributed by atoms with Crippen molar-refractivity contribution in [3.63, 3.8) is 0 Å². The van der Waals surface area contributed by atoms with Crippen LogP contribution in [0.4, 0.5) is 5.69 Å². The molecule has 0 saturated carbocycles. The summed E-state index contributed by atoms with van der Waals surface area (Å²) in [5.74, 6) is -1.26. The van der Waals surface area contributed by atoms with Crippen LogP contribution in [-0.2, 0) is 4.79 Å². The van der Waals surface area contributed by atoms with Crippen LogP contribution in [0.25, 0.3) is 6.08 Å². The highest BCUT2D eigenvalue weighted by molar-refractivity contribution is 9.10. The highest BCUT2D eigenvalue weighted by Gasteiger charge is 2.20. The molecular weight excluding hydrogens is 532 g/mol. The number of carbonyl (C=O) groups is 3. The van der Waals surface area contributed by atoms with E-state index in [1.807, 2.05) is 0 Å². The van der Waals surface area contributed by atoms with Gasteiger partial charge in [0.15, 0.2) is 0 Å². The molecule has 0 saturated heterocycles. The van der Waals surface area contributed by atoms with Crippen molar-refractivity contribution in [3.8, 4) is 17.2 Å². The molecule has 186 valence electrons. The van der Waals surface area contributed by atoms with Gasteiger partial charge in [-0.3, -0.25) is 9.59 Å². The number of hydrogen-bond acceptors (Lipinski definition) is 6. The van der Waals surface area contributed by atoms with Gasteiger partial charge >= 0.3 is 5.97 Å². The Kier molecular flexibility index (Phi) is 8.69. The molecule has 0 aliphatic heterocycles. The van der Waals surface area contributed by atoms with Crippen molar-refractivity contribution in [2.45, 2.75) is 0 Å². The summed E-state index contributed by atoms with van der Waals surface area (Å²) in [6, 6.07) is 15.8. The fourth-order valence-electron chi connectivity index (χ4n) is 3.23.